The molecule has 22 heavy (non-hydrogen) atoms. The van der Waals surface area contributed by atoms with E-state index in [4.69, 9.17) is 0 Å². The summed E-state index contributed by atoms with van der Waals surface area (Å²) < 4.78 is 0. The maximum absolute atomic E-state index is 10.3. The van der Waals surface area contributed by atoms with Gasteiger partial charge in [-0.2, -0.15) is 0 Å². The molecule has 0 spiro atoms. The van der Waals surface area contributed by atoms with E-state index in [2.05, 4.69) is 19.1 Å². The third-order valence-corrected chi connectivity index (χ3v) is 3.70. The van der Waals surface area contributed by atoms with Crippen LogP contribution >= 0.6 is 0 Å². The van der Waals surface area contributed by atoms with Gasteiger partial charge in [-0.3, -0.25) is 0 Å². The number of hydrogen-bond donors (Lipinski definition) is 1. The van der Waals surface area contributed by atoms with Crippen LogP contribution in [0.15, 0.2) is 12.2 Å². The Kier molecular flexibility index (Phi) is 21.3. The Morgan fingerprint density at radius 2 is 1.45 bits per heavy atom. The molecule has 0 saturated carbocycles. The summed E-state index contributed by atoms with van der Waals surface area (Å²) in [5, 5.41) is 19.6. The van der Waals surface area contributed by atoms with Crippen LogP contribution in [0.3, 0.4) is 0 Å². The van der Waals surface area contributed by atoms with E-state index in [9.17, 15) is 15.0 Å². The van der Waals surface area contributed by atoms with E-state index in [0.29, 0.717) is 6.42 Å². The number of aliphatic carboxylic acids is 1. The SMILES string of the molecule is CCCCCC/C=C/CCCCCCCC(O)CC(=O)[O-].[Na+]. The molecule has 124 valence electrons. The number of aliphatic hydroxyl groups is 1. The average Bonchev–Trinajstić information content (AvgIpc) is 2.43. The zero-order valence-corrected chi connectivity index (χ0v) is 16.7. The van der Waals surface area contributed by atoms with E-state index in [1.54, 1.807) is 0 Å². The van der Waals surface area contributed by atoms with Crippen LogP contribution in [0.5, 0.6) is 0 Å². The van der Waals surface area contributed by atoms with Crippen molar-refractivity contribution in [1.82, 2.24) is 0 Å². The molecular weight excluding hydrogens is 287 g/mol. The Morgan fingerprint density at radius 1 is 0.955 bits per heavy atom. The molecule has 0 aromatic heterocycles. The fraction of sp³-hybridized carbons (Fsp3) is 0.833. The maximum Gasteiger partial charge on any atom is 1.00 e. The second kappa shape index (κ2) is 19.2. The van der Waals surface area contributed by atoms with Gasteiger partial charge in [-0.15, -0.1) is 0 Å². The molecule has 0 aliphatic heterocycles. The molecule has 0 aliphatic carbocycles. The fourth-order valence-corrected chi connectivity index (χ4v) is 2.39. The second-order valence-electron chi connectivity index (χ2n) is 5.90. The summed E-state index contributed by atoms with van der Waals surface area (Å²) in [7, 11) is 0. The largest absolute Gasteiger partial charge is 1.00 e. The molecule has 0 bridgehead atoms. The Balaban J connectivity index is 0. The van der Waals surface area contributed by atoms with Crippen molar-refractivity contribution in [3.8, 4) is 0 Å². The molecule has 0 saturated heterocycles. The van der Waals surface area contributed by atoms with Crippen LogP contribution in [0.25, 0.3) is 0 Å². The van der Waals surface area contributed by atoms with Gasteiger partial charge in [0.2, 0.25) is 0 Å². The van der Waals surface area contributed by atoms with Crippen LogP contribution in [0.1, 0.15) is 90.4 Å². The standard InChI is InChI=1S/C18H34O3.Na/c1-2-3-4-5-6-7-8-9-10-11-12-13-14-15-17(19)16-18(20)21;/h7-8,17,19H,2-6,9-16H2,1H3,(H,20,21);/q;+1/p-1/b8-7+;. The molecule has 4 heteroatoms. The van der Waals surface area contributed by atoms with Crippen molar-refractivity contribution in [1.29, 1.82) is 0 Å². The number of carboxylic acids is 1. The maximum atomic E-state index is 10.3. The fourth-order valence-electron chi connectivity index (χ4n) is 2.39. The summed E-state index contributed by atoms with van der Waals surface area (Å²) in [5.41, 5.74) is 0. The molecule has 0 radical (unpaired) electrons. The van der Waals surface area contributed by atoms with E-state index in [1.807, 2.05) is 0 Å². The van der Waals surface area contributed by atoms with E-state index in [-0.39, 0.29) is 36.0 Å². The van der Waals surface area contributed by atoms with Gasteiger partial charge in [-0.25, -0.2) is 0 Å². The first kappa shape index (κ1) is 24.4. The minimum absolute atomic E-state index is 0. The van der Waals surface area contributed by atoms with Gasteiger partial charge in [0.25, 0.3) is 0 Å². The zero-order chi connectivity index (χ0) is 15.8. The minimum Gasteiger partial charge on any atom is -0.550 e. The van der Waals surface area contributed by atoms with Crippen LogP contribution in [0.4, 0.5) is 0 Å². The number of unbranched alkanes of at least 4 members (excludes halogenated alkanes) is 9. The number of carboxylic acid groups (broad SMARTS) is 1. The summed E-state index contributed by atoms with van der Waals surface area (Å²) in [6, 6.07) is 0. The summed E-state index contributed by atoms with van der Waals surface area (Å²) in [6.45, 7) is 2.24. The molecular formula is C18H33NaO3. The zero-order valence-electron chi connectivity index (χ0n) is 14.7. The van der Waals surface area contributed by atoms with Crippen LogP contribution in [0, 0.1) is 0 Å². The first-order chi connectivity index (χ1) is 10.2. The summed E-state index contributed by atoms with van der Waals surface area (Å²) in [6.07, 6.45) is 17.5. The van der Waals surface area contributed by atoms with E-state index in [1.165, 1.54) is 57.8 Å². The molecule has 0 rings (SSSR count). The minimum atomic E-state index is -1.16. The molecule has 0 heterocycles. The van der Waals surface area contributed by atoms with E-state index in [0.717, 1.165) is 12.8 Å². The van der Waals surface area contributed by atoms with Crippen molar-refractivity contribution >= 4 is 5.97 Å². The van der Waals surface area contributed by atoms with Crippen molar-refractivity contribution in [3.63, 3.8) is 0 Å². The monoisotopic (exact) mass is 320 g/mol. The molecule has 0 amide bonds. The number of carbonyl (C=O) groups excluding carboxylic acids is 1. The molecule has 1 N–H and O–H groups in total. The average molecular weight is 320 g/mol. The third-order valence-electron chi connectivity index (χ3n) is 3.70. The molecule has 0 aliphatic rings. The van der Waals surface area contributed by atoms with Crippen molar-refractivity contribution < 1.29 is 44.6 Å². The summed E-state index contributed by atoms with van der Waals surface area (Å²) in [4.78, 5) is 10.3. The quantitative estimate of drug-likeness (QED) is 0.275. The first-order valence-electron chi connectivity index (χ1n) is 8.69. The topological polar surface area (TPSA) is 60.4 Å². The molecule has 0 fully saturated rings. The van der Waals surface area contributed by atoms with Crippen LogP contribution in [-0.2, 0) is 4.79 Å². The Hall–Kier alpha value is 0.170. The van der Waals surface area contributed by atoms with Crippen LogP contribution < -0.4 is 34.7 Å². The van der Waals surface area contributed by atoms with Gasteiger partial charge >= 0.3 is 29.6 Å². The van der Waals surface area contributed by atoms with Crippen molar-refractivity contribution in [3.05, 3.63) is 12.2 Å². The smallest absolute Gasteiger partial charge is 0.550 e. The summed E-state index contributed by atoms with van der Waals surface area (Å²) >= 11 is 0. The Bertz CT molecular complexity index is 267. The van der Waals surface area contributed by atoms with Crippen LogP contribution in [0.2, 0.25) is 0 Å². The number of allylic oxidation sites excluding steroid dienone is 2. The number of rotatable bonds is 15. The summed E-state index contributed by atoms with van der Waals surface area (Å²) in [5.74, 6) is -1.16. The second-order valence-corrected chi connectivity index (χ2v) is 5.90. The normalized spacial score (nSPS) is 12.3. The number of carbonyl (C=O) groups is 1. The van der Waals surface area contributed by atoms with E-state index >= 15 is 0 Å². The molecule has 1 unspecified atom stereocenters. The van der Waals surface area contributed by atoms with Gasteiger partial charge in [0.15, 0.2) is 0 Å². The predicted octanol–water partition coefficient (Wildman–Crippen LogP) is 0.749. The van der Waals surface area contributed by atoms with Gasteiger partial charge in [0.05, 0.1) is 6.10 Å². The molecule has 3 nitrogen and oxygen atoms in total. The number of aliphatic hydroxyl groups excluding tert-OH is 1. The van der Waals surface area contributed by atoms with Crippen molar-refractivity contribution in [2.75, 3.05) is 0 Å². The van der Waals surface area contributed by atoms with E-state index < -0.39 is 12.1 Å². The van der Waals surface area contributed by atoms with Gasteiger partial charge < -0.3 is 15.0 Å². The third kappa shape index (κ3) is 20.2. The predicted molar refractivity (Wildman–Crippen MR) is 85.8 cm³/mol. The molecule has 0 aromatic carbocycles. The first-order valence-corrected chi connectivity index (χ1v) is 8.69. The van der Waals surface area contributed by atoms with Gasteiger partial charge in [-0.1, -0.05) is 64.0 Å². The Morgan fingerprint density at radius 3 is 2.00 bits per heavy atom. The molecule has 1 atom stereocenters. The Labute approximate surface area is 158 Å². The van der Waals surface area contributed by atoms with Gasteiger partial charge in [0, 0.05) is 12.4 Å². The number of hydrogen-bond acceptors (Lipinski definition) is 3. The van der Waals surface area contributed by atoms with Gasteiger partial charge in [0.1, 0.15) is 0 Å². The van der Waals surface area contributed by atoms with Gasteiger partial charge in [-0.05, 0) is 32.1 Å². The molecule has 0 aromatic rings. The van der Waals surface area contributed by atoms with Crippen LogP contribution in [-0.4, -0.2) is 17.2 Å². The van der Waals surface area contributed by atoms with Crippen molar-refractivity contribution in [2.24, 2.45) is 0 Å². The van der Waals surface area contributed by atoms with Crippen molar-refractivity contribution in [2.45, 2.75) is 96.5 Å².